The van der Waals surface area contributed by atoms with Crippen molar-refractivity contribution in [3.63, 3.8) is 0 Å². The summed E-state index contributed by atoms with van der Waals surface area (Å²) in [7, 11) is 0. The van der Waals surface area contributed by atoms with Gasteiger partial charge in [0.15, 0.2) is 0 Å². The summed E-state index contributed by atoms with van der Waals surface area (Å²) in [6.07, 6.45) is 2.61. The van der Waals surface area contributed by atoms with Gasteiger partial charge in [0.1, 0.15) is 0 Å². The van der Waals surface area contributed by atoms with Crippen LogP contribution in [0.2, 0.25) is 0 Å². The lowest BCUT2D eigenvalue weighted by Crippen LogP contribution is -2.07. The summed E-state index contributed by atoms with van der Waals surface area (Å²) in [5.74, 6) is 0.257. The Morgan fingerprint density at radius 2 is 2.54 bits per heavy atom. The van der Waals surface area contributed by atoms with Gasteiger partial charge in [0.2, 0.25) is 0 Å². The lowest BCUT2D eigenvalue weighted by Gasteiger charge is -2.07. The van der Waals surface area contributed by atoms with Crippen molar-refractivity contribution < 1.29 is 0 Å². The van der Waals surface area contributed by atoms with Crippen molar-refractivity contribution in [3.8, 4) is 0 Å². The van der Waals surface area contributed by atoms with E-state index in [4.69, 9.17) is 5.53 Å². The molecule has 0 spiro atoms. The molecule has 0 aliphatic heterocycles. The van der Waals surface area contributed by atoms with E-state index >= 15 is 0 Å². The summed E-state index contributed by atoms with van der Waals surface area (Å²) in [5.41, 5.74) is 10.7. The zero-order valence-corrected chi connectivity index (χ0v) is 7.38. The Morgan fingerprint density at radius 3 is 3.23 bits per heavy atom. The summed E-state index contributed by atoms with van der Waals surface area (Å²) in [5, 5.41) is 3.76. The van der Waals surface area contributed by atoms with Crippen LogP contribution >= 0.6 is 0 Å². The van der Waals surface area contributed by atoms with E-state index in [9.17, 15) is 0 Å². The van der Waals surface area contributed by atoms with Gasteiger partial charge in [-0.2, -0.15) is 0 Å². The second kappa shape index (κ2) is 3.07. The molecule has 13 heavy (non-hydrogen) atoms. The summed E-state index contributed by atoms with van der Waals surface area (Å²) < 4.78 is 0. The van der Waals surface area contributed by atoms with E-state index in [0.717, 1.165) is 12.1 Å². The normalized spacial score (nSPS) is 25.0. The quantitative estimate of drug-likeness (QED) is 0.366. The zero-order chi connectivity index (χ0) is 9.26. The predicted octanol–water partition coefficient (Wildman–Crippen LogP) is 2.42. The summed E-state index contributed by atoms with van der Waals surface area (Å²) in [6.45, 7) is 2.05. The first-order chi connectivity index (χ1) is 6.33. The molecule has 1 aromatic heterocycles. The second-order valence-electron chi connectivity index (χ2n) is 3.31. The Kier molecular flexibility index (Phi) is 1.91. The molecule has 1 aromatic rings. The van der Waals surface area contributed by atoms with Crippen LogP contribution in [0.1, 0.15) is 24.1 Å². The molecule has 1 heterocycles. The number of aromatic nitrogens is 1. The van der Waals surface area contributed by atoms with Crippen molar-refractivity contribution in [1.82, 2.24) is 4.98 Å². The molecule has 0 saturated heterocycles. The second-order valence-corrected chi connectivity index (χ2v) is 3.31. The molecule has 4 heteroatoms. The summed E-state index contributed by atoms with van der Waals surface area (Å²) in [4.78, 5) is 7.14. The van der Waals surface area contributed by atoms with Gasteiger partial charge in [0.05, 0.1) is 0 Å². The van der Waals surface area contributed by atoms with Crippen molar-refractivity contribution in [2.75, 3.05) is 0 Å². The van der Waals surface area contributed by atoms with Crippen LogP contribution < -0.4 is 0 Å². The molecule has 4 nitrogen and oxygen atoms in total. The summed E-state index contributed by atoms with van der Waals surface area (Å²) in [6, 6.07) is 4.02. The molecular weight excluding hydrogens is 164 g/mol. The van der Waals surface area contributed by atoms with Gasteiger partial charge in [-0.15, -0.1) is 0 Å². The molecular formula is C9H10N4. The lowest BCUT2D eigenvalue weighted by molar-refractivity contribution is 0.603. The third-order valence-corrected chi connectivity index (χ3v) is 2.56. The van der Waals surface area contributed by atoms with Gasteiger partial charge in [-0.05, 0) is 23.6 Å². The minimum absolute atomic E-state index is 0.0508. The fourth-order valence-electron chi connectivity index (χ4n) is 1.82. The molecule has 0 fully saturated rings. The van der Waals surface area contributed by atoms with Gasteiger partial charge < -0.3 is 0 Å². The maximum atomic E-state index is 8.36. The number of hydrogen-bond acceptors (Lipinski definition) is 2. The monoisotopic (exact) mass is 174 g/mol. The van der Waals surface area contributed by atoms with Crippen molar-refractivity contribution in [1.29, 1.82) is 0 Å². The third kappa shape index (κ3) is 1.25. The molecule has 2 rings (SSSR count). The average Bonchev–Trinajstić information content (AvgIpc) is 2.46. The molecule has 0 radical (unpaired) electrons. The SMILES string of the molecule is C[C@H]1c2ncccc2C[C@@H]1N=[N+]=[N-]. The van der Waals surface area contributed by atoms with Crippen LogP contribution in [0.3, 0.4) is 0 Å². The topological polar surface area (TPSA) is 61.7 Å². The largest absolute Gasteiger partial charge is 0.261 e. The van der Waals surface area contributed by atoms with Crippen LogP contribution in [0.25, 0.3) is 10.4 Å². The van der Waals surface area contributed by atoms with E-state index < -0.39 is 0 Å². The van der Waals surface area contributed by atoms with E-state index in [1.807, 2.05) is 12.1 Å². The van der Waals surface area contributed by atoms with Crippen molar-refractivity contribution in [2.24, 2.45) is 5.11 Å². The van der Waals surface area contributed by atoms with E-state index in [1.54, 1.807) is 6.20 Å². The summed E-state index contributed by atoms with van der Waals surface area (Å²) >= 11 is 0. The minimum Gasteiger partial charge on any atom is -0.261 e. The first-order valence-corrected chi connectivity index (χ1v) is 4.31. The molecule has 0 aromatic carbocycles. The first-order valence-electron chi connectivity index (χ1n) is 4.31. The number of fused-ring (bicyclic) bond motifs is 1. The fourth-order valence-corrected chi connectivity index (χ4v) is 1.82. The van der Waals surface area contributed by atoms with Crippen LogP contribution in [0.5, 0.6) is 0 Å². The molecule has 1 aliphatic carbocycles. The molecule has 0 amide bonds. The van der Waals surface area contributed by atoms with Gasteiger partial charge in [-0.3, -0.25) is 4.98 Å². The highest BCUT2D eigenvalue weighted by Gasteiger charge is 2.28. The number of hydrogen-bond donors (Lipinski definition) is 0. The smallest absolute Gasteiger partial charge is 0.0496 e. The molecule has 0 unspecified atom stereocenters. The lowest BCUT2D eigenvalue weighted by atomic mass is 10.1. The molecule has 2 atom stereocenters. The molecule has 0 bridgehead atoms. The number of rotatable bonds is 1. The Bertz CT molecular complexity index is 368. The Morgan fingerprint density at radius 1 is 1.69 bits per heavy atom. The van der Waals surface area contributed by atoms with E-state index in [-0.39, 0.29) is 12.0 Å². The van der Waals surface area contributed by atoms with Gasteiger partial charge in [-0.1, -0.05) is 18.1 Å². The maximum absolute atomic E-state index is 8.36. The van der Waals surface area contributed by atoms with E-state index in [0.29, 0.717) is 0 Å². The fraction of sp³-hybridized carbons (Fsp3) is 0.444. The van der Waals surface area contributed by atoms with Crippen LogP contribution in [0, 0.1) is 0 Å². The molecule has 66 valence electrons. The van der Waals surface area contributed by atoms with Gasteiger partial charge >= 0.3 is 0 Å². The van der Waals surface area contributed by atoms with Crippen molar-refractivity contribution in [3.05, 3.63) is 40.0 Å². The molecule has 0 saturated carbocycles. The molecule has 1 aliphatic rings. The van der Waals surface area contributed by atoms with Crippen LogP contribution in [-0.2, 0) is 6.42 Å². The number of pyridine rings is 1. The number of nitrogens with zero attached hydrogens (tertiary/aromatic N) is 4. The highest BCUT2D eigenvalue weighted by Crippen LogP contribution is 2.32. The van der Waals surface area contributed by atoms with E-state index in [2.05, 4.69) is 21.9 Å². The Labute approximate surface area is 76.2 Å². The van der Waals surface area contributed by atoms with E-state index in [1.165, 1.54) is 5.56 Å². The average molecular weight is 174 g/mol. The Hall–Kier alpha value is -1.54. The standard InChI is InChI=1S/C9H10N4/c1-6-8(12-13-10)5-7-3-2-4-11-9(6)7/h2-4,6,8H,5H2,1H3/t6-,8+/m1/s1. The van der Waals surface area contributed by atoms with Crippen molar-refractivity contribution in [2.45, 2.75) is 25.3 Å². The van der Waals surface area contributed by atoms with Gasteiger partial charge in [-0.25, -0.2) is 0 Å². The predicted molar refractivity (Wildman–Crippen MR) is 49.3 cm³/mol. The van der Waals surface area contributed by atoms with Crippen LogP contribution in [0.4, 0.5) is 0 Å². The first kappa shape index (κ1) is 8.08. The Balaban J connectivity index is 2.37. The van der Waals surface area contributed by atoms with Crippen molar-refractivity contribution >= 4 is 0 Å². The van der Waals surface area contributed by atoms with Gasteiger partial charge in [0.25, 0.3) is 0 Å². The van der Waals surface area contributed by atoms with Crippen LogP contribution in [-0.4, -0.2) is 11.0 Å². The maximum Gasteiger partial charge on any atom is 0.0496 e. The van der Waals surface area contributed by atoms with Crippen LogP contribution in [0.15, 0.2) is 23.4 Å². The highest BCUT2D eigenvalue weighted by atomic mass is 15.2. The minimum atomic E-state index is 0.0508. The van der Waals surface area contributed by atoms with Gasteiger partial charge in [0, 0.05) is 28.8 Å². The highest BCUT2D eigenvalue weighted by molar-refractivity contribution is 5.31. The zero-order valence-electron chi connectivity index (χ0n) is 7.38. The number of azide groups is 1. The molecule has 0 N–H and O–H groups in total. The third-order valence-electron chi connectivity index (χ3n) is 2.56.